The number of rotatable bonds is 5. The number of benzene rings is 2. The highest BCUT2D eigenvalue weighted by Gasteiger charge is 2.26. The van der Waals surface area contributed by atoms with E-state index in [1.165, 1.54) is 17.8 Å². The van der Waals surface area contributed by atoms with E-state index in [0.29, 0.717) is 4.90 Å². The summed E-state index contributed by atoms with van der Waals surface area (Å²) in [7, 11) is 0. The maximum Gasteiger partial charge on any atom is 0.238 e. The molecule has 1 saturated heterocycles. The third kappa shape index (κ3) is 4.72. The summed E-state index contributed by atoms with van der Waals surface area (Å²) in [6.07, 6.45) is 0.928. The zero-order valence-electron chi connectivity index (χ0n) is 13.1. The number of carbonyl (C=O) groups is 1. The minimum absolute atomic E-state index is 0. The van der Waals surface area contributed by atoms with Crippen LogP contribution in [0.5, 0.6) is 0 Å². The molecule has 2 atom stereocenters. The highest BCUT2D eigenvalue weighted by atomic mass is 35.5. The molecule has 2 aromatic rings. The van der Waals surface area contributed by atoms with Crippen molar-refractivity contribution in [2.45, 2.75) is 22.6 Å². The number of hydrogen-bond donors (Lipinski definition) is 2. The van der Waals surface area contributed by atoms with Crippen LogP contribution in [0.3, 0.4) is 0 Å². The molecule has 3 rings (SSSR count). The van der Waals surface area contributed by atoms with Crippen LogP contribution in [0, 0.1) is 5.82 Å². The first kappa shape index (κ1) is 18.8. The number of thioether (sulfide) groups is 1. The van der Waals surface area contributed by atoms with Crippen molar-refractivity contribution in [2.24, 2.45) is 0 Å². The molecule has 0 aliphatic carbocycles. The van der Waals surface area contributed by atoms with Gasteiger partial charge in [0.2, 0.25) is 5.91 Å². The Balaban J connectivity index is 0.00000208. The fourth-order valence-corrected chi connectivity index (χ4v) is 3.68. The molecule has 0 aromatic heterocycles. The molecule has 1 amide bonds. The zero-order chi connectivity index (χ0) is 16.1. The third-order valence-corrected chi connectivity index (χ3v) is 5.14. The number of nitrogens with one attached hydrogen (secondary N) is 2. The molecular weight excluding hydrogens is 347 g/mol. The van der Waals surface area contributed by atoms with Gasteiger partial charge in [0.1, 0.15) is 11.1 Å². The largest absolute Gasteiger partial charge is 0.351 e. The van der Waals surface area contributed by atoms with Gasteiger partial charge in [0.15, 0.2) is 0 Å². The second-order valence-electron chi connectivity index (χ2n) is 5.54. The Morgan fingerprint density at radius 3 is 2.54 bits per heavy atom. The van der Waals surface area contributed by atoms with Crippen LogP contribution in [0.15, 0.2) is 59.5 Å². The van der Waals surface area contributed by atoms with Gasteiger partial charge in [0.25, 0.3) is 0 Å². The second kappa shape index (κ2) is 9.06. The molecule has 1 heterocycles. The van der Waals surface area contributed by atoms with Crippen LogP contribution in [-0.2, 0) is 4.79 Å². The average Bonchev–Trinajstić information content (AvgIpc) is 3.08. The van der Waals surface area contributed by atoms with Gasteiger partial charge < -0.3 is 10.6 Å². The topological polar surface area (TPSA) is 41.1 Å². The summed E-state index contributed by atoms with van der Waals surface area (Å²) < 4.78 is 14.0. The molecule has 1 fully saturated rings. The first-order valence-electron chi connectivity index (χ1n) is 7.71. The Kier molecular flexibility index (Phi) is 7.09. The molecule has 1 aliphatic rings. The average molecular weight is 367 g/mol. The standard InChI is InChI=1S/C18H19FN2OS.ClH/c19-15-8-4-5-9-16(15)23-17(13-6-2-1-3-7-13)18(22)21-14-10-11-20-12-14;/h1-9,14,17,20H,10-12H2,(H,21,22);1H. The summed E-state index contributed by atoms with van der Waals surface area (Å²) in [4.78, 5) is 13.2. The smallest absolute Gasteiger partial charge is 0.238 e. The quantitative estimate of drug-likeness (QED) is 0.795. The summed E-state index contributed by atoms with van der Waals surface area (Å²) in [6, 6.07) is 16.2. The summed E-state index contributed by atoms with van der Waals surface area (Å²) in [5.41, 5.74) is 0.879. The molecule has 6 heteroatoms. The van der Waals surface area contributed by atoms with Crippen molar-refractivity contribution >= 4 is 30.1 Å². The van der Waals surface area contributed by atoms with Gasteiger partial charge in [0, 0.05) is 17.5 Å². The van der Waals surface area contributed by atoms with Crippen LogP contribution >= 0.6 is 24.2 Å². The molecule has 24 heavy (non-hydrogen) atoms. The van der Waals surface area contributed by atoms with Gasteiger partial charge in [-0.25, -0.2) is 4.39 Å². The summed E-state index contributed by atoms with van der Waals surface area (Å²) in [6.45, 7) is 1.71. The number of hydrogen-bond acceptors (Lipinski definition) is 3. The Morgan fingerprint density at radius 1 is 1.17 bits per heavy atom. The van der Waals surface area contributed by atoms with Crippen molar-refractivity contribution in [3.63, 3.8) is 0 Å². The third-order valence-electron chi connectivity index (χ3n) is 3.83. The fraction of sp³-hybridized carbons (Fsp3) is 0.278. The van der Waals surface area contributed by atoms with Gasteiger partial charge in [-0.3, -0.25) is 4.79 Å². The summed E-state index contributed by atoms with van der Waals surface area (Å²) in [5.74, 6) is -0.369. The molecule has 2 N–H and O–H groups in total. The molecule has 128 valence electrons. The Hall–Kier alpha value is -1.56. The van der Waals surface area contributed by atoms with Gasteiger partial charge in [-0.05, 0) is 30.7 Å². The Labute approximate surface area is 151 Å². The van der Waals surface area contributed by atoms with E-state index in [2.05, 4.69) is 10.6 Å². The predicted molar refractivity (Wildman–Crippen MR) is 98.1 cm³/mol. The SMILES string of the molecule is Cl.O=C(NC1CCNC1)C(Sc1ccccc1F)c1ccccc1. The van der Waals surface area contributed by atoms with Crippen molar-refractivity contribution in [1.82, 2.24) is 10.6 Å². The van der Waals surface area contributed by atoms with Crippen LogP contribution < -0.4 is 10.6 Å². The lowest BCUT2D eigenvalue weighted by Crippen LogP contribution is -2.38. The monoisotopic (exact) mass is 366 g/mol. The highest BCUT2D eigenvalue weighted by Crippen LogP contribution is 2.36. The first-order valence-corrected chi connectivity index (χ1v) is 8.59. The maximum absolute atomic E-state index is 14.0. The molecule has 0 saturated carbocycles. The van der Waals surface area contributed by atoms with Gasteiger partial charge in [-0.15, -0.1) is 24.2 Å². The van der Waals surface area contributed by atoms with E-state index in [9.17, 15) is 9.18 Å². The van der Waals surface area contributed by atoms with E-state index < -0.39 is 5.25 Å². The van der Waals surface area contributed by atoms with Gasteiger partial charge >= 0.3 is 0 Å². The van der Waals surface area contributed by atoms with Crippen LogP contribution in [0.2, 0.25) is 0 Å². The molecule has 0 spiro atoms. The second-order valence-corrected chi connectivity index (χ2v) is 6.68. The maximum atomic E-state index is 14.0. The van der Waals surface area contributed by atoms with Crippen molar-refractivity contribution < 1.29 is 9.18 Å². The number of carbonyl (C=O) groups excluding carboxylic acids is 1. The van der Waals surface area contributed by atoms with Crippen LogP contribution in [0.4, 0.5) is 4.39 Å². The zero-order valence-corrected chi connectivity index (χ0v) is 14.7. The normalized spacial score (nSPS) is 17.8. The van der Waals surface area contributed by atoms with Gasteiger partial charge in [-0.1, -0.05) is 42.5 Å². The Morgan fingerprint density at radius 2 is 1.88 bits per heavy atom. The van der Waals surface area contributed by atoms with Crippen molar-refractivity contribution in [3.8, 4) is 0 Å². The van der Waals surface area contributed by atoms with Gasteiger partial charge in [0.05, 0.1) is 0 Å². The molecule has 0 radical (unpaired) electrons. The minimum Gasteiger partial charge on any atom is -0.351 e. The molecular formula is C18H20ClFN2OS. The molecule has 2 unspecified atom stereocenters. The van der Waals surface area contributed by atoms with Gasteiger partial charge in [-0.2, -0.15) is 0 Å². The fourth-order valence-electron chi connectivity index (χ4n) is 2.62. The molecule has 2 aromatic carbocycles. The van der Waals surface area contributed by atoms with Crippen molar-refractivity contribution in [1.29, 1.82) is 0 Å². The lowest BCUT2D eigenvalue weighted by Gasteiger charge is -2.20. The predicted octanol–water partition coefficient (Wildman–Crippen LogP) is 3.56. The highest BCUT2D eigenvalue weighted by molar-refractivity contribution is 8.00. The van der Waals surface area contributed by atoms with E-state index in [1.54, 1.807) is 18.2 Å². The lowest BCUT2D eigenvalue weighted by molar-refractivity contribution is -0.121. The van der Waals surface area contributed by atoms with E-state index in [-0.39, 0.29) is 30.2 Å². The lowest BCUT2D eigenvalue weighted by atomic mass is 10.1. The Bertz CT molecular complexity index is 665. The number of amides is 1. The van der Waals surface area contributed by atoms with Crippen molar-refractivity contribution in [3.05, 3.63) is 66.0 Å². The minimum atomic E-state index is -0.464. The van der Waals surface area contributed by atoms with Crippen LogP contribution in [0.25, 0.3) is 0 Å². The molecule has 1 aliphatic heterocycles. The van der Waals surface area contributed by atoms with E-state index >= 15 is 0 Å². The number of halogens is 2. The molecule has 0 bridgehead atoms. The van der Waals surface area contributed by atoms with Crippen molar-refractivity contribution in [2.75, 3.05) is 13.1 Å². The van der Waals surface area contributed by atoms with E-state index in [1.807, 2.05) is 30.3 Å². The summed E-state index contributed by atoms with van der Waals surface area (Å²) in [5, 5.41) is 5.84. The van der Waals surface area contributed by atoms with Crippen LogP contribution in [0.1, 0.15) is 17.2 Å². The van der Waals surface area contributed by atoms with E-state index in [0.717, 1.165) is 25.1 Å². The first-order chi connectivity index (χ1) is 11.2. The molecule has 3 nitrogen and oxygen atoms in total. The summed E-state index contributed by atoms with van der Waals surface area (Å²) >= 11 is 1.25. The van der Waals surface area contributed by atoms with E-state index in [4.69, 9.17) is 0 Å². The van der Waals surface area contributed by atoms with Crippen LogP contribution in [-0.4, -0.2) is 25.0 Å².